The molecule has 0 unspecified atom stereocenters. The quantitative estimate of drug-likeness (QED) is 0.776. The van der Waals surface area contributed by atoms with Crippen molar-refractivity contribution in [3.8, 4) is 5.75 Å². The Kier molecular flexibility index (Phi) is 4.58. The fourth-order valence-corrected chi connectivity index (χ4v) is 1.45. The summed E-state index contributed by atoms with van der Waals surface area (Å²) in [6.45, 7) is 4.40. The highest BCUT2D eigenvalue weighted by Crippen LogP contribution is 2.14. The van der Waals surface area contributed by atoms with E-state index in [9.17, 15) is 4.79 Å². The van der Waals surface area contributed by atoms with E-state index in [-0.39, 0.29) is 0 Å². The van der Waals surface area contributed by atoms with Gasteiger partial charge in [0.15, 0.2) is 0 Å². The summed E-state index contributed by atoms with van der Waals surface area (Å²) in [5.74, 6) is -0.0606. The molecule has 0 amide bonds. The first-order valence-electron chi connectivity index (χ1n) is 5.23. The van der Waals surface area contributed by atoms with Gasteiger partial charge in [0.1, 0.15) is 5.75 Å². The maximum atomic E-state index is 10.4. The van der Waals surface area contributed by atoms with Crippen LogP contribution < -0.4 is 4.74 Å². The monoisotopic (exact) mass is 220 g/mol. The van der Waals surface area contributed by atoms with E-state index >= 15 is 0 Å². The van der Waals surface area contributed by atoms with Gasteiger partial charge in [-0.25, -0.2) is 4.79 Å². The molecule has 0 fully saturated rings. The van der Waals surface area contributed by atoms with Crippen LogP contribution in [0.15, 0.2) is 35.9 Å². The molecule has 1 aromatic rings. The Bertz CT molecular complexity index is 377. The maximum Gasteiger partial charge on any atom is 0.328 e. The molecule has 1 rings (SSSR count). The fraction of sp³-hybridized carbons (Fsp3) is 0.308. The Morgan fingerprint density at radius 2 is 2.00 bits per heavy atom. The number of rotatable bonds is 5. The molecular weight excluding hydrogens is 204 g/mol. The first-order valence-corrected chi connectivity index (χ1v) is 5.23. The molecule has 0 aliphatic rings. The van der Waals surface area contributed by atoms with Crippen molar-refractivity contribution in [1.82, 2.24) is 0 Å². The van der Waals surface area contributed by atoms with E-state index in [1.54, 1.807) is 0 Å². The number of hydrogen-bond acceptors (Lipinski definition) is 2. The second-order valence-electron chi connectivity index (χ2n) is 3.58. The lowest BCUT2D eigenvalue weighted by atomic mass is 10.1. The van der Waals surface area contributed by atoms with Crippen LogP contribution in [0.4, 0.5) is 0 Å². The predicted octanol–water partition coefficient (Wildman–Crippen LogP) is 2.66. The van der Waals surface area contributed by atoms with Crippen molar-refractivity contribution in [2.45, 2.75) is 20.3 Å². The van der Waals surface area contributed by atoms with Gasteiger partial charge in [0.05, 0.1) is 6.61 Å². The fourth-order valence-electron chi connectivity index (χ4n) is 1.45. The van der Waals surface area contributed by atoms with E-state index in [0.717, 1.165) is 16.9 Å². The number of carbonyl (C=O) groups is 1. The predicted molar refractivity (Wildman–Crippen MR) is 62.7 cm³/mol. The third kappa shape index (κ3) is 4.17. The summed E-state index contributed by atoms with van der Waals surface area (Å²) in [7, 11) is 0. The molecule has 3 nitrogen and oxygen atoms in total. The van der Waals surface area contributed by atoms with Crippen molar-refractivity contribution in [3.05, 3.63) is 41.5 Å². The first-order chi connectivity index (χ1) is 7.61. The Labute approximate surface area is 95.4 Å². The topological polar surface area (TPSA) is 46.5 Å². The Morgan fingerprint density at radius 1 is 1.38 bits per heavy atom. The molecule has 0 bridgehead atoms. The minimum absolute atomic E-state index is 0.650. The van der Waals surface area contributed by atoms with Crippen LogP contribution in [0.1, 0.15) is 19.4 Å². The molecule has 0 aliphatic heterocycles. The van der Waals surface area contributed by atoms with Crippen LogP contribution in [0.25, 0.3) is 0 Å². The van der Waals surface area contributed by atoms with Gasteiger partial charge >= 0.3 is 5.97 Å². The van der Waals surface area contributed by atoms with Gasteiger partial charge in [0.2, 0.25) is 0 Å². The SMILES string of the molecule is CCOc1ccc(C/C(C)=C/C(=O)O)cc1. The highest BCUT2D eigenvalue weighted by atomic mass is 16.5. The molecule has 0 radical (unpaired) electrons. The molecule has 0 aliphatic carbocycles. The molecule has 0 saturated heterocycles. The summed E-state index contributed by atoms with van der Waals surface area (Å²) in [6, 6.07) is 7.69. The van der Waals surface area contributed by atoms with Gasteiger partial charge in [-0.1, -0.05) is 17.7 Å². The minimum atomic E-state index is -0.900. The van der Waals surface area contributed by atoms with Gasteiger partial charge in [-0.2, -0.15) is 0 Å². The van der Waals surface area contributed by atoms with Gasteiger partial charge in [-0.05, 0) is 38.0 Å². The maximum absolute atomic E-state index is 10.4. The van der Waals surface area contributed by atoms with Crippen LogP contribution in [0.2, 0.25) is 0 Å². The van der Waals surface area contributed by atoms with Crippen molar-refractivity contribution in [3.63, 3.8) is 0 Å². The number of benzene rings is 1. The van der Waals surface area contributed by atoms with Crippen molar-refractivity contribution in [1.29, 1.82) is 0 Å². The molecule has 0 spiro atoms. The largest absolute Gasteiger partial charge is 0.494 e. The molecule has 1 N–H and O–H groups in total. The second kappa shape index (κ2) is 5.95. The van der Waals surface area contributed by atoms with E-state index < -0.39 is 5.97 Å². The lowest BCUT2D eigenvalue weighted by Crippen LogP contribution is -1.94. The van der Waals surface area contributed by atoms with Gasteiger partial charge in [-0.15, -0.1) is 0 Å². The zero-order valence-corrected chi connectivity index (χ0v) is 9.56. The Morgan fingerprint density at radius 3 is 2.50 bits per heavy atom. The summed E-state index contributed by atoms with van der Waals surface area (Å²) >= 11 is 0. The van der Waals surface area contributed by atoms with Gasteiger partial charge in [0.25, 0.3) is 0 Å². The van der Waals surface area contributed by atoms with Crippen LogP contribution in [-0.4, -0.2) is 17.7 Å². The number of hydrogen-bond donors (Lipinski definition) is 1. The summed E-state index contributed by atoms with van der Waals surface area (Å²) in [5, 5.41) is 8.58. The number of carboxylic acid groups (broad SMARTS) is 1. The Balaban J connectivity index is 2.65. The van der Waals surface area contributed by atoms with Gasteiger partial charge < -0.3 is 9.84 Å². The summed E-state index contributed by atoms with van der Waals surface area (Å²) in [4.78, 5) is 10.4. The highest BCUT2D eigenvalue weighted by Gasteiger charge is 1.98. The minimum Gasteiger partial charge on any atom is -0.494 e. The van der Waals surface area contributed by atoms with E-state index in [2.05, 4.69) is 0 Å². The second-order valence-corrected chi connectivity index (χ2v) is 3.58. The van der Waals surface area contributed by atoms with Gasteiger partial charge in [0, 0.05) is 6.08 Å². The Hall–Kier alpha value is -1.77. The number of allylic oxidation sites excluding steroid dienone is 1. The average Bonchev–Trinajstić information content (AvgIpc) is 2.20. The van der Waals surface area contributed by atoms with Crippen molar-refractivity contribution in [2.75, 3.05) is 6.61 Å². The molecule has 0 aromatic heterocycles. The third-order valence-corrected chi connectivity index (χ3v) is 2.09. The zero-order valence-electron chi connectivity index (χ0n) is 9.56. The highest BCUT2D eigenvalue weighted by molar-refractivity contribution is 5.80. The summed E-state index contributed by atoms with van der Waals surface area (Å²) in [5.41, 5.74) is 1.91. The molecule has 86 valence electrons. The molecule has 0 heterocycles. The number of ether oxygens (including phenoxy) is 1. The lowest BCUT2D eigenvalue weighted by Gasteiger charge is -2.05. The van der Waals surface area contributed by atoms with E-state index in [4.69, 9.17) is 9.84 Å². The smallest absolute Gasteiger partial charge is 0.328 e. The molecule has 3 heteroatoms. The van der Waals surface area contributed by atoms with E-state index in [1.807, 2.05) is 38.1 Å². The zero-order chi connectivity index (χ0) is 12.0. The van der Waals surface area contributed by atoms with Crippen LogP contribution in [-0.2, 0) is 11.2 Å². The molecular formula is C13H16O3. The molecule has 16 heavy (non-hydrogen) atoms. The van der Waals surface area contributed by atoms with Gasteiger partial charge in [-0.3, -0.25) is 0 Å². The average molecular weight is 220 g/mol. The first kappa shape index (κ1) is 12.3. The van der Waals surface area contributed by atoms with Crippen molar-refractivity contribution >= 4 is 5.97 Å². The van der Waals surface area contributed by atoms with Crippen LogP contribution in [0.3, 0.4) is 0 Å². The molecule has 0 atom stereocenters. The van der Waals surface area contributed by atoms with Crippen LogP contribution in [0.5, 0.6) is 5.75 Å². The normalized spacial score (nSPS) is 11.2. The summed E-state index contributed by atoms with van der Waals surface area (Å²) in [6.07, 6.45) is 1.88. The van der Waals surface area contributed by atoms with Crippen LogP contribution >= 0.6 is 0 Å². The third-order valence-electron chi connectivity index (χ3n) is 2.09. The lowest BCUT2D eigenvalue weighted by molar-refractivity contribution is -0.131. The number of aliphatic carboxylic acids is 1. The molecule has 1 aromatic carbocycles. The summed E-state index contributed by atoms with van der Waals surface area (Å²) < 4.78 is 5.32. The van der Waals surface area contributed by atoms with E-state index in [0.29, 0.717) is 13.0 Å². The molecule has 0 saturated carbocycles. The van der Waals surface area contributed by atoms with E-state index in [1.165, 1.54) is 6.08 Å². The van der Waals surface area contributed by atoms with Crippen molar-refractivity contribution < 1.29 is 14.6 Å². The van der Waals surface area contributed by atoms with Crippen molar-refractivity contribution in [2.24, 2.45) is 0 Å². The standard InChI is InChI=1S/C13H16O3/c1-3-16-12-6-4-11(5-7-12)8-10(2)9-13(14)15/h4-7,9H,3,8H2,1-2H3,(H,14,15)/b10-9+. The number of carboxylic acids is 1. The van der Waals surface area contributed by atoms with Crippen LogP contribution in [0, 0.1) is 0 Å².